The number of rotatable bonds is 2. The maximum Gasteiger partial charge on any atom is 0.311 e. The molecule has 0 spiro atoms. The summed E-state index contributed by atoms with van der Waals surface area (Å²) in [4.78, 5) is 14.9. The molecule has 134 valence electrons. The van der Waals surface area contributed by atoms with E-state index < -0.39 is 6.10 Å². The van der Waals surface area contributed by atoms with Crippen molar-refractivity contribution in [2.75, 3.05) is 19.6 Å². The average Bonchev–Trinajstić information content (AvgIpc) is 2.83. The summed E-state index contributed by atoms with van der Waals surface area (Å²) in [5.74, 6) is -0.456. The number of esters is 1. The monoisotopic (exact) mass is 333 g/mol. The van der Waals surface area contributed by atoms with Crippen molar-refractivity contribution in [3.8, 4) is 0 Å². The first kappa shape index (κ1) is 17.7. The van der Waals surface area contributed by atoms with Crippen LogP contribution in [-0.2, 0) is 9.53 Å². The van der Waals surface area contributed by atoms with Crippen LogP contribution >= 0.6 is 0 Å². The maximum absolute atomic E-state index is 12.5. The van der Waals surface area contributed by atoms with Crippen molar-refractivity contribution in [2.24, 2.45) is 11.8 Å². The number of nitrogens with zero attached hydrogens (tertiary/aromatic N) is 1. The zero-order chi connectivity index (χ0) is 17.1. The number of ether oxygens (including phenoxy) is 1. The summed E-state index contributed by atoms with van der Waals surface area (Å²) in [5.41, 5.74) is 2.46. The highest BCUT2D eigenvalue weighted by molar-refractivity contribution is 5.76. The molecule has 0 amide bonds. The number of hydrogen-bond acceptors (Lipinski definition) is 4. The van der Waals surface area contributed by atoms with Gasteiger partial charge in [0.2, 0.25) is 0 Å². The number of aliphatic hydroxyl groups is 1. The minimum Gasteiger partial charge on any atom is -0.461 e. The van der Waals surface area contributed by atoms with Crippen LogP contribution in [0.15, 0.2) is 23.3 Å². The summed E-state index contributed by atoms with van der Waals surface area (Å²) in [7, 11) is 0. The lowest BCUT2D eigenvalue weighted by Crippen LogP contribution is -2.41. The summed E-state index contributed by atoms with van der Waals surface area (Å²) in [6.45, 7) is 7.03. The second-order valence-electron chi connectivity index (χ2n) is 7.82. The van der Waals surface area contributed by atoms with Crippen molar-refractivity contribution in [3.05, 3.63) is 23.3 Å². The molecule has 2 aliphatic heterocycles. The summed E-state index contributed by atoms with van der Waals surface area (Å²) in [5, 5.41) is 10.8. The third-order valence-corrected chi connectivity index (χ3v) is 5.77. The molecule has 1 N–H and O–H groups in total. The Morgan fingerprint density at radius 3 is 2.71 bits per heavy atom. The van der Waals surface area contributed by atoms with Crippen LogP contribution in [-0.4, -0.2) is 47.8 Å². The SMILES string of the molecule is C/C1=C\[C@@H](O)C2C(CN3CCCCC3)C(=O)O[C@H]2C/C(C)=C/CC1. The largest absolute Gasteiger partial charge is 0.461 e. The first-order chi connectivity index (χ1) is 11.5. The van der Waals surface area contributed by atoms with Gasteiger partial charge in [-0.1, -0.05) is 29.7 Å². The number of hydrogen-bond donors (Lipinski definition) is 1. The van der Waals surface area contributed by atoms with E-state index in [0.29, 0.717) is 0 Å². The third-order valence-electron chi connectivity index (χ3n) is 5.77. The number of piperidine rings is 1. The summed E-state index contributed by atoms with van der Waals surface area (Å²) in [6.07, 6.45) is 9.82. The van der Waals surface area contributed by atoms with Crippen molar-refractivity contribution < 1.29 is 14.6 Å². The fourth-order valence-electron chi connectivity index (χ4n) is 4.42. The second kappa shape index (κ2) is 7.83. The molecule has 2 heterocycles. The lowest BCUT2D eigenvalue weighted by atomic mass is 9.81. The van der Waals surface area contributed by atoms with Crippen molar-refractivity contribution >= 4 is 5.97 Å². The Bertz CT molecular complexity index is 519. The van der Waals surface area contributed by atoms with E-state index in [1.54, 1.807) is 0 Å². The molecule has 2 saturated heterocycles. The molecule has 1 aliphatic carbocycles. The molecule has 4 atom stereocenters. The second-order valence-corrected chi connectivity index (χ2v) is 7.82. The zero-order valence-electron chi connectivity index (χ0n) is 15.0. The van der Waals surface area contributed by atoms with Gasteiger partial charge in [0.1, 0.15) is 6.10 Å². The molecule has 4 nitrogen and oxygen atoms in total. The molecule has 0 saturated carbocycles. The Kier molecular flexibility index (Phi) is 5.77. The van der Waals surface area contributed by atoms with E-state index in [1.165, 1.54) is 30.4 Å². The van der Waals surface area contributed by atoms with E-state index in [0.717, 1.165) is 38.9 Å². The van der Waals surface area contributed by atoms with E-state index in [1.807, 2.05) is 6.08 Å². The molecular weight excluding hydrogens is 302 g/mol. The molecule has 0 aromatic carbocycles. The molecule has 0 bridgehead atoms. The Morgan fingerprint density at radius 1 is 1.21 bits per heavy atom. The number of allylic oxidation sites excluding steroid dienone is 2. The standard InChI is InChI=1S/C20H31NO3/c1-14-7-6-8-15(2)12-18-19(17(22)11-14)16(20(23)24-18)13-21-9-4-3-5-10-21/h8,11,16-19,22H,3-7,9-10,12-13H2,1-2H3/b14-11+,15-8+/t16?,17-,18+,19?/m1/s1. The number of aliphatic hydroxyl groups excluding tert-OH is 1. The molecule has 4 heteroatoms. The summed E-state index contributed by atoms with van der Waals surface area (Å²) < 4.78 is 5.73. The van der Waals surface area contributed by atoms with Crippen molar-refractivity contribution in [2.45, 2.75) is 64.6 Å². The van der Waals surface area contributed by atoms with Gasteiger partial charge in [-0.05, 0) is 52.6 Å². The van der Waals surface area contributed by atoms with Crippen LogP contribution in [0, 0.1) is 11.8 Å². The highest BCUT2D eigenvalue weighted by atomic mass is 16.6. The Balaban J connectivity index is 1.81. The fourth-order valence-corrected chi connectivity index (χ4v) is 4.42. The number of carbonyl (C=O) groups excluding carboxylic acids is 1. The van der Waals surface area contributed by atoms with Crippen LogP contribution in [0.2, 0.25) is 0 Å². The van der Waals surface area contributed by atoms with E-state index >= 15 is 0 Å². The summed E-state index contributed by atoms with van der Waals surface area (Å²) >= 11 is 0. The van der Waals surface area contributed by atoms with Crippen molar-refractivity contribution in [1.82, 2.24) is 4.90 Å². The topological polar surface area (TPSA) is 49.8 Å². The first-order valence-electron chi connectivity index (χ1n) is 9.48. The third kappa shape index (κ3) is 4.09. The predicted octanol–water partition coefficient (Wildman–Crippen LogP) is 3.07. The molecule has 2 fully saturated rings. The number of likely N-dealkylation sites (tertiary alicyclic amines) is 1. The van der Waals surface area contributed by atoms with E-state index in [2.05, 4.69) is 24.8 Å². The molecule has 2 unspecified atom stereocenters. The zero-order valence-corrected chi connectivity index (χ0v) is 15.0. The van der Waals surface area contributed by atoms with Gasteiger partial charge in [-0.25, -0.2) is 0 Å². The Morgan fingerprint density at radius 2 is 1.96 bits per heavy atom. The Hall–Kier alpha value is -1.13. The highest BCUT2D eigenvalue weighted by Gasteiger charge is 2.48. The quantitative estimate of drug-likeness (QED) is 0.623. The van der Waals surface area contributed by atoms with Crippen LogP contribution < -0.4 is 0 Å². The molecule has 3 aliphatic rings. The van der Waals surface area contributed by atoms with Gasteiger partial charge in [-0.3, -0.25) is 4.79 Å². The first-order valence-corrected chi connectivity index (χ1v) is 9.48. The number of carbonyl (C=O) groups is 1. The van der Waals surface area contributed by atoms with Crippen LogP contribution in [0.1, 0.15) is 52.4 Å². The summed E-state index contributed by atoms with van der Waals surface area (Å²) in [6, 6.07) is 0. The van der Waals surface area contributed by atoms with Crippen LogP contribution in [0.5, 0.6) is 0 Å². The van der Waals surface area contributed by atoms with Gasteiger partial charge in [-0.2, -0.15) is 0 Å². The van der Waals surface area contributed by atoms with Gasteiger partial charge < -0.3 is 14.7 Å². The fraction of sp³-hybridized carbons (Fsp3) is 0.750. The van der Waals surface area contributed by atoms with Gasteiger partial charge >= 0.3 is 5.97 Å². The minimum absolute atomic E-state index is 0.118. The van der Waals surface area contributed by atoms with Gasteiger partial charge in [0, 0.05) is 18.9 Å². The van der Waals surface area contributed by atoms with Gasteiger partial charge in [-0.15, -0.1) is 0 Å². The molecule has 0 aromatic heterocycles. The Labute approximate surface area is 145 Å². The minimum atomic E-state index is -0.595. The van der Waals surface area contributed by atoms with E-state index in [4.69, 9.17) is 4.74 Å². The molecular formula is C20H31NO3. The molecule has 3 rings (SSSR count). The van der Waals surface area contributed by atoms with Crippen LogP contribution in [0.3, 0.4) is 0 Å². The number of fused-ring (bicyclic) bond motifs is 1. The highest BCUT2D eigenvalue weighted by Crippen LogP contribution is 2.37. The predicted molar refractivity (Wildman–Crippen MR) is 94.5 cm³/mol. The van der Waals surface area contributed by atoms with Gasteiger partial charge in [0.15, 0.2) is 0 Å². The van der Waals surface area contributed by atoms with Gasteiger partial charge in [0.05, 0.1) is 12.0 Å². The van der Waals surface area contributed by atoms with Crippen molar-refractivity contribution in [1.29, 1.82) is 0 Å². The smallest absolute Gasteiger partial charge is 0.311 e. The average molecular weight is 333 g/mol. The lowest BCUT2D eigenvalue weighted by Gasteiger charge is -2.31. The maximum atomic E-state index is 12.5. The lowest BCUT2D eigenvalue weighted by molar-refractivity contribution is -0.144. The van der Waals surface area contributed by atoms with Crippen LogP contribution in [0.25, 0.3) is 0 Å². The normalized spacial score (nSPS) is 40.0. The van der Waals surface area contributed by atoms with E-state index in [9.17, 15) is 9.90 Å². The molecule has 0 aromatic rings. The van der Waals surface area contributed by atoms with E-state index in [-0.39, 0.29) is 23.9 Å². The van der Waals surface area contributed by atoms with Crippen LogP contribution in [0.4, 0.5) is 0 Å². The molecule has 24 heavy (non-hydrogen) atoms. The van der Waals surface area contributed by atoms with Crippen molar-refractivity contribution in [3.63, 3.8) is 0 Å². The van der Waals surface area contributed by atoms with Gasteiger partial charge in [0.25, 0.3) is 0 Å². The molecule has 0 radical (unpaired) electrons.